The van der Waals surface area contributed by atoms with E-state index in [1.165, 1.54) is 18.7 Å². The standard InChI is InChI=1S/C12H19N3O/c13-12-11(9-4-7-16-8-5-9)14-10-3-1-2-6-15(10)12/h9H,1-8,13H2. The third kappa shape index (κ3) is 1.61. The van der Waals surface area contributed by atoms with Gasteiger partial charge in [0.2, 0.25) is 0 Å². The molecular weight excluding hydrogens is 202 g/mol. The third-order valence-corrected chi connectivity index (χ3v) is 3.75. The number of fused-ring (bicyclic) bond motifs is 1. The van der Waals surface area contributed by atoms with Gasteiger partial charge >= 0.3 is 0 Å². The summed E-state index contributed by atoms with van der Waals surface area (Å²) in [4.78, 5) is 4.76. The second kappa shape index (κ2) is 4.09. The highest BCUT2D eigenvalue weighted by atomic mass is 16.5. The summed E-state index contributed by atoms with van der Waals surface area (Å²) in [6.07, 6.45) is 5.72. The van der Waals surface area contributed by atoms with Crippen LogP contribution in [-0.4, -0.2) is 22.8 Å². The summed E-state index contributed by atoms with van der Waals surface area (Å²) in [5.74, 6) is 2.64. The Kier molecular flexibility index (Phi) is 2.59. The normalized spacial score (nSPS) is 22.0. The minimum absolute atomic E-state index is 0.520. The molecule has 4 heteroatoms. The minimum Gasteiger partial charge on any atom is -0.384 e. The topological polar surface area (TPSA) is 53.1 Å². The monoisotopic (exact) mass is 221 g/mol. The number of imidazole rings is 1. The van der Waals surface area contributed by atoms with Crippen LogP contribution in [0, 0.1) is 0 Å². The van der Waals surface area contributed by atoms with Crippen LogP contribution in [0.15, 0.2) is 0 Å². The first-order valence-electron chi connectivity index (χ1n) is 6.29. The summed E-state index contributed by atoms with van der Waals surface area (Å²) in [7, 11) is 0. The molecule has 0 spiro atoms. The Morgan fingerprint density at radius 1 is 1.25 bits per heavy atom. The first-order chi connectivity index (χ1) is 7.86. The Balaban J connectivity index is 1.91. The van der Waals surface area contributed by atoms with E-state index in [0.29, 0.717) is 5.92 Å². The van der Waals surface area contributed by atoms with Crippen LogP contribution in [0.4, 0.5) is 5.82 Å². The lowest BCUT2D eigenvalue weighted by Gasteiger charge is -2.21. The number of ether oxygens (including phenoxy) is 1. The number of hydrogen-bond acceptors (Lipinski definition) is 3. The van der Waals surface area contributed by atoms with Gasteiger partial charge in [-0.1, -0.05) is 0 Å². The second-order valence-electron chi connectivity index (χ2n) is 4.79. The lowest BCUT2D eigenvalue weighted by Crippen LogP contribution is -2.16. The number of anilines is 1. The quantitative estimate of drug-likeness (QED) is 0.785. The highest BCUT2D eigenvalue weighted by Crippen LogP contribution is 2.32. The molecule has 4 nitrogen and oxygen atoms in total. The molecule has 0 atom stereocenters. The molecule has 0 saturated carbocycles. The molecule has 1 saturated heterocycles. The van der Waals surface area contributed by atoms with Gasteiger partial charge in [0, 0.05) is 32.1 Å². The van der Waals surface area contributed by atoms with E-state index in [1.807, 2.05) is 0 Å². The van der Waals surface area contributed by atoms with Gasteiger partial charge in [0.25, 0.3) is 0 Å². The molecule has 16 heavy (non-hydrogen) atoms. The van der Waals surface area contributed by atoms with Crippen LogP contribution in [0.2, 0.25) is 0 Å². The van der Waals surface area contributed by atoms with Crippen molar-refractivity contribution in [1.29, 1.82) is 0 Å². The van der Waals surface area contributed by atoms with Crippen molar-refractivity contribution in [3.63, 3.8) is 0 Å². The van der Waals surface area contributed by atoms with Gasteiger partial charge < -0.3 is 15.0 Å². The van der Waals surface area contributed by atoms with Crippen LogP contribution < -0.4 is 5.73 Å². The van der Waals surface area contributed by atoms with Gasteiger partial charge in [0.05, 0.1) is 5.69 Å². The molecule has 0 unspecified atom stereocenters. The SMILES string of the molecule is Nc1c(C2CCOCC2)nc2n1CCCC2. The number of nitrogens with zero attached hydrogens (tertiary/aromatic N) is 2. The van der Waals surface area contributed by atoms with Gasteiger partial charge in [0.15, 0.2) is 0 Å². The Morgan fingerprint density at radius 2 is 2.06 bits per heavy atom. The largest absolute Gasteiger partial charge is 0.384 e. The molecule has 2 aliphatic heterocycles. The number of nitrogen functional groups attached to an aromatic ring is 1. The van der Waals surface area contributed by atoms with E-state index in [-0.39, 0.29) is 0 Å². The summed E-state index contributed by atoms with van der Waals surface area (Å²) in [5.41, 5.74) is 7.35. The summed E-state index contributed by atoms with van der Waals surface area (Å²) >= 11 is 0. The lowest BCUT2D eigenvalue weighted by atomic mass is 9.96. The third-order valence-electron chi connectivity index (χ3n) is 3.75. The van der Waals surface area contributed by atoms with E-state index in [4.69, 9.17) is 15.5 Å². The van der Waals surface area contributed by atoms with Crippen molar-refractivity contribution in [3.05, 3.63) is 11.5 Å². The van der Waals surface area contributed by atoms with Gasteiger partial charge in [-0.25, -0.2) is 4.98 Å². The Bertz CT molecular complexity index is 380. The van der Waals surface area contributed by atoms with Crippen molar-refractivity contribution in [3.8, 4) is 0 Å². The number of nitrogens with two attached hydrogens (primary N) is 1. The van der Waals surface area contributed by atoms with Gasteiger partial charge in [0.1, 0.15) is 11.6 Å². The van der Waals surface area contributed by atoms with Gasteiger partial charge in [-0.3, -0.25) is 0 Å². The van der Waals surface area contributed by atoms with Gasteiger partial charge in [-0.15, -0.1) is 0 Å². The van der Waals surface area contributed by atoms with E-state index in [2.05, 4.69) is 4.57 Å². The fourth-order valence-electron chi connectivity index (χ4n) is 2.80. The number of aromatic nitrogens is 2. The zero-order valence-corrected chi connectivity index (χ0v) is 9.61. The lowest BCUT2D eigenvalue weighted by molar-refractivity contribution is 0.0847. The van der Waals surface area contributed by atoms with Gasteiger partial charge in [-0.05, 0) is 25.7 Å². The van der Waals surface area contributed by atoms with Crippen LogP contribution in [0.1, 0.15) is 43.1 Å². The summed E-state index contributed by atoms with van der Waals surface area (Å²) in [6.45, 7) is 2.76. The first-order valence-corrected chi connectivity index (χ1v) is 6.29. The van der Waals surface area contributed by atoms with Crippen molar-refractivity contribution in [2.75, 3.05) is 18.9 Å². The molecule has 3 heterocycles. The van der Waals surface area contributed by atoms with Crippen LogP contribution in [0.25, 0.3) is 0 Å². The van der Waals surface area contributed by atoms with E-state index in [0.717, 1.165) is 50.5 Å². The van der Waals surface area contributed by atoms with Crippen LogP contribution in [0.3, 0.4) is 0 Å². The van der Waals surface area contributed by atoms with E-state index < -0.39 is 0 Å². The summed E-state index contributed by atoms with van der Waals surface area (Å²) in [6, 6.07) is 0. The molecule has 0 bridgehead atoms. The van der Waals surface area contributed by atoms with Crippen molar-refractivity contribution < 1.29 is 4.74 Å². The highest BCUT2D eigenvalue weighted by molar-refractivity contribution is 5.41. The molecule has 3 rings (SSSR count). The van der Waals surface area contributed by atoms with Gasteiger partial charge in [-0.2, -0.15) is 0 Å². The molecule has 2 aliphatic rings. The maximum Gasteiger partial charge on any atom is 0.127 e. The molecule has 1 aromatic rings. The van der Waals surface area contributed by atoms with Crippen molar-refractivity contribution in [1.82, 2.24) is 9.55 Å². The Labute approximate surface area is 95.8 Å². The van der Waals surface area contributed by atoms with Crippen LogP contribution in [0.5, 0.6) is 0 Å². The molecule has 2 N–H and O–H groups in total. The smallest absolute Gasteiger partial charge is 0.127 e. The summed E-state index contributed by atoms with van der Waals surface area (Å²) < 4.78 is 7.60. The fraction of sp³-hybridized carbons (Fsp3) is 0.750. The average molecular weight is 221 g/mol. The summed E-state index contributed by atoms with van der Waals surface area (Å²) in [5, 5.41) is 0. The Morgan fingerprint density at radius 3 is 2.81 bits per heavy atom. The van der Waals surface area contributed by atoms with Crippen molar-refractivity contribution in [2.45, 2.75) is 44.6 Å². The van der Waals surface area contributed by atoms with Crippen LogP contribution in [-0.2, 0) is 17.7 Å². The maximum atomic E-state index is 6.21. The molecule has 88 valence electrons. The zero-order chi connectivity index (χ0) is 11.0. The predicted octanol–water partition coefficient (Wildman–Crippen LogP) is 1.70. The molecule has 0 amide bonds. The first kappa shape index (κ1) is 10.1. The maximum absolute atomic E-state index is 6.21. The molecular formula is C12H19N3O. The fourth-order valence-corrected chi connectivity index (χ4v) is 2.80. The zero-order valence-electron chi connectivity index (χ0n) is 9.61. The van der Waals surface area contributed by atoms with Crippen LogP contribution >= 0.6 is 0 Å². The van der Waals surface area contributed by atoms with E-state index in [1.54, 1.807) is 0 Å². The second-order valence-corrected chi connectivity index (χ2v) is 4.79. The molecule has 0 radical (unpaired) electrons. The van der Waals surface area contributed by atoms with E-state index in [9.17, 15) is 0 Å². The number of rotatable bonds is 1. The van der Waals surface area contributed by atoms with Crippen molar-refractivity contribution >= 4 is 5.82 Å². The molecule has 1 aromatic heterocycles. The molecule has 0 aromatic carbocycles. The number of aryl methyl sites for hydroxylation is 1. The number of hydrogen-bond donors (Lipinski definition) is 1. The minimum atomic E-state index is 0.520. The Hall–Kier alpha value is -1.03. The van der Waals surface area contributed by atoms with E-state index >= 15 is 0 Å². The molecule has 0 aliphatic carbocycles. The molecule has 1 fully saturated rings. The highest BCUT2D eigenvalue weighted by Gasteiger charge is 2.25. The predicted molar refractivity (Wildman–Crippen MR) is 62.4 cm³/mol. The van der Waals surface area contributed by atoms with Crippen molar-refractivity contribution in [2.24, 2.45) is 0 Å². The average Bonchev–Trinajstić information content (AvgIpc) is 2.69.